The zero-order chi connectivity index (χ0) is 17.2. The van der Waals surface area contributed by atoms with Crippen molar-refractivity contribution >= 4 is 0 Å². The van der Waals surface area contributed by atoms with Crippen molar-refractivity contribution in [2.24, 2.45) is 0 Å². The van der Waals surface area contributed by atoms with E-state index in [1.165, 1.54) is 6.42 Å². The van der Waals surface area contributed by atoms with Crippen LogP contribution in [0.1, 0.15) is 48.9 Å². The normalized spacial score (nSPS) is 16.5. The lowest BCUT2D eigenvalue weighted by Gasteiger charge is -2.36. The Morgan fingerprint density at radius 1 is 1.25 bits per heavy atom. The quantitative estimate of drug-likeness (QED) is 0.909. The molecule has 1 aromatic carbocycles. The van der Waals surface area contributed by atoms with Gasteiger partial charge in [0, 0.05) is 16.7 Å². The second kappa shape index (κ2) is 6.62. The first-order valence-electron chi connectivity index (χ1n) is 8.45. The van der Waals surface area contributed by atoms with E-state index in [4.69, 9.17) is 0 Å². The first-order chi connectivity index (χ1) is 11.6. The van der Waals surface area contributed by atoms with Crippen molar-refractivity contribution in [3.63, 3.8) is 0 Å². The van der Waals surface area contributed by atoms with E-state index >= 15 is 0 Å². The molecule has 0 saturated heterocycles. The van der Waals surface area contributed by atoms with Crippen LogP contribution in [0.4, 0.5) is 0 Å². The molecule has 1 aliphatic carbocycles. The lowest BCUT2D eigenvalue weighted by molar-refractivity contribution is 0.152. The summed E-state index contributed by atoms with van der Waals surface area (Å²) < 4.78 is 0. The lowest BCUT2D eigenvalue weighted by Crippen LogP contribution is -2.33. The fraction of sp³-hybridized carbons (Fsp3) is 0.400. The van der Waals surface area contributed by atoms with Gasteiger partial charge in [-0.3, -0.25) is 4.79 Å². The summed E-state index contributed by atoms with van der Waals surface area (Å²) >= 11 is 0. The Kier molecular flexibility index (Phi) is 4.55. The number of nitriles is 1. The highest BCUT2D eigenvalue weighted by Gasteiger charge is 2.33. The maximum atomic E-state index is 12.1. The maximum Gasteiger partial charge on any atom is 0.266 e. The first kappa shape index (κ1) is 16.5. The summed E-state index contributed by atoms with van der Waals surface area (Å²) in [6, 6.07) is 11.8. The molecular formula is C20H22N2O2. The van der Waals surface area contributed by atoms with Gasteiger partial charge in [-0.25, -0.2) is 0 Å². The largest absolute Gasteiger partial charge is 0.395 e. The van der Waals surface area contributed by atoms with Crippen molar-refractivity contribution in [3.8, 4) is 17.2 Å². The fourth-order valence-electron chi connectivity index (χ4n) is 3.81. The number of rotatable bonds is 3. The maximum absolute atomic E-state index is 12.1. The van der Waals surface area contributed by atoms with Gasteiger partial charge in [0.2, 0.25) is 0 Å². The number of benzene rings is 1. The van der Waals surface area contributed by atoms with E-state index in [0.717, 1.165) is 42.5 Å². The zero-order valence-corrected chi connectivity index (χ0v) is 13.9. The number of aromatic nitrogens is 1. The van der Waals surface area contributed by atoms with E-state index < -0.39 is 0 Å². The molecule has 24 heavy (non-hydrogen) atoms. The number of nitrogens with one attached hydrogen (secondary N) is 1. The molecule has 1 aromatic heterocycles. The van der Waals surface area contributed by atoms with Gasteiger partial charge in [0.1, 0.15) is 11.6 Å². The standard InChI is InChI=1S/C20H22N2O2/c1-14-10-17(18(12-21)19(24)22-14)15-6-5-7-16(11-15)20(13-23)8-3-2-4-9-20/h5-7,10-11,23H,2-4,8-9,13H2,1H3,(H,22,24). The van der Waals surface area contributed by atoms with Crippen molar-refractivity contribution < 1.29 is 5.11 Å². The third kappa shape index (κ3) is 2.88. The monoisotopic (exact) mass is 322 g/mol. The van der Waals surface area contributed by atoms with E-state index in [9.17, 15) is 15.2 Å². The van der Waals surface area contributed by atoms with E-state index in [1.807, 2.05) is 37.3 Å². The number of aromatic amines is 1. The topological polar surface area (TPSA) is 76.9 Å². The van der Waals surface area contributed by atoms with Gasteiger partial charge in [0.15, 0.2) is 0 Å². The van der Waals surface area contributed by atoms with Gasteiger partial charge in [-0.2, -0.15) is 5.26 Å². The second-order valence-electron chi connectivity index (χ2n) is 6.76. The zero-order valence-electron chi connectivity index (χ0n) is 13.9. The second-order valence-corrected chi connectivity index (χ2v) is 6.76. The Hall–Kier alpha value is -2.38. The van der Waals surface area contributed by atoms with Gasteiger partial charge in [-0.15, -0.1) is 0 Å². The van der Waals surface area contributed by atoms with Crippen LogP contribution >= 0.6 is 0 Å². The fourth-order valence-corrected chi connectivity index (χ4v) is 3.81. The molecule has 0 atom stereocenters. The van der Waals surface area contributed by atoms with Gasteiger partial charge < -0.3 is 10.1 Å². The number of H-pyrrole nitrogens is 1. The van der Waals surface area contributed by atoms with Crippen molar-refractivity contribution in [2.45, 2.75) is 44.4 Å². The number of hydrogen-bond donors (Lipinski definition) is 2. The summed E-state index contributed by atoms with van der Waals surface area (Å²) in [7, 11) is 0. The van der Waals surface area contributed by atoms with Crippen LogP contribution in [0, 0.1) is 18.3 Å². The number of aliphatic hydroxyl groups excluding tert-OH is 1. The highest BCUT2D eigenvalue weighted by molar-refractivity contribution is 5.71. The summed E-state index contributed by atoms with van der Waals surface area (Å²) in [5.74, 6) is 0. The third-order valence-electron chi connectivity index (χ3n) is 5.18. The molecule has 1 aliphatic rings. The molecule has 1 fully saturated rings. The summed E-state index contributed by atoms with van der Waals surface area (Å²) in [6.07, 6.45) is 5.42. The predicted molar refractivity (Wildman–Crippen MR) is 93.8 cm³/mol. The first-order valence-corrected chi connectivity index (χ1v) is 8.45. The molecule has 2 N–H and O–H groups in total. The molecule has 0 aliphatic heterocycles. The van der Waals surface area contributed by atoms with Crippen molar-refractivity contribution in [3.05, 3.63) is 57.5 Å². The van der Waals surface area contributed by atoms with Gasteiger partial charge in [0.25, 0.3) is 5.56 Å². The number of pyridine rings is 1. The molecule has 0 bridgehead atoms. The van der Waals surface area contributed by atoms with E-state index in [0.29, 0.717) is 5.56 Å². The smallest absolute Gasteiger partial charge is 0.266 e. The predicted octanol–water partition coefficient (Wildman–Crippen LogP) is 3.42. The summed E-state index contributed by atoms with van der Waals surface area (Å²) in [4.78, 5) is 14.7. The lowest BCUT2D eigenvalue weighted by atomic mass is 9.69. The van der Waals surface area contributed by atoms with Crippen LogP contribution in [0.3, 0.4) is 0 Å². The average Bonchev–Trinajstić information content (AvgIpc) is 2.62. The Labute approximate surface area is 141 Å². The van der Waals surface area contributed by atoms with Gasteiger partial charge in [-0.1, -0.05) is 43.5 Å². The van der Waals surface area contributed by atoms with Gasteiger partial charge in [-0.05, 0) is 37.0 Å². The van der Waals surface area contributed by atoms with Crippen LogP contribution in [-0.4, -0.2) is 16.7 Å². The summed E-state index contributed by atoms with van der Waals surface area (Å²) in [5, 5.41) is 19.4. The van der Waals surface area contributed by atoms with Crippen LogP contribution in [0.2, 0.25) is 0 Å². The molecule has 124 valence electrons. The highest BCUT2D eigenvalue weighted by atomic mass is 16.3. The Bertz CT molecular complexity index is 839. The van der Waals surface area contributed by atoms with Crippen LogP contribution in [-0.2, 0) is 5.41 Å². The van der Waals surface area contributed by atoms with Crippen LogP contribution in [0.25, 0.3) is 11.1 Å². The molecule has 1 heterocycles. The van der Waals surface area contributed by atoms with Crippen molar-refractivity contribution in [1.29, 1.82) is 5.26 Å². The minimum absolute atomic E-state index is 0.135. The highest BCUT2D eigenvalue weighted by Crippen LogP contribution is 2.40. The van der Waals surface area contributed by atoms with Crippen molar-refractivity contribution in [1.82, 2.24) is 4.98 Å². The molecule has 4 heteroatoms. The van der Waals surface area contributed by atoms with Gasteiger partial charge >= 0.3 is 0 Å². The summed E-state index contributed by atoms with van der Waals surface area (Å²) in [6.45, 7) is 1.95. The molecule has 0 spiro atoms. The minimum atomic E-state index is -0.354. The molecule has 1 saturated carbocycles. The number of nitrogens with zero attached hydrogens (tertiary/aromatic N) is 1. The van der Waals surface area contributed by atoms with E-state index in [1.54, 1.807) is 0 Å². The minimum Gasteiger partial charge on any atom is -0.395 e. The third-order valence-corrected chi connectivity index (χ3v) is 5.18. The van der Waals surface area contributed by atoms with E-state index in [2.05, 4.69) is 11.1 Å². The Morgan fingerprint density at radius 2 is 2.00 bits per heavy atom. The Balaban J connectivity index is 2.13. The molecule has 0 radical (unpaired) electrons. The van der Waals surface area contributed by atoms with Gasteiger partial charge in [0.05, 0.1) is 6.61 Å². The molecular weight excluding hydrogens is 300 g/mol. The molecule has 2 aromatic rings. The van der Waals surface area contributed by atoms with Crippen LogP contribution < -0.4 is 5.56 Å². The van der Waals surface area contributed by atoms with E-state index in [-0.39, 0.29) is 23.1 Å². The molecule has 3 rings (SSSR count). The van der Waals surface area contributed by atoms with Crippen LogP contribution in [0.5, 0.6) is 0 Å². The molecule has 0 unspecified atom stereocenters. The number of aliphatic hydroxyl groups is 1. The van der Waals surface area contributed by atoms with Crippen LogP contribution in [0.15, 0.2) is 35.1 Å². The van der Waals surface area contributed by atoms with Crippen molar-refractivity contribution in [2.75, 3.05) is 6.61 Å². The Morgan fingerprint density at radius 3 is 2.67 bits per heavy atom. The number of aryl methyl sites for hydroxylation is 1. The average molecular weight is 322 g/mol. The molecule has 4 nitrogen and oxygen atoms in total. The number of hydrogen-bond acceptors (Lipinski definition) is 3. The summed E-state index contributed by atoms with van der Waals surface area (Å²) in [5.41, 5.74) is 2.93. The molecule has 0 amide bonds. The SMILES string of the molecule is Cc1cc(-c2cccc(C3(CO)CCCCC3)c2)c(C#N)c(=O)[nH]1.